The van der Waals surface area contributed by atoms with Crippen LogP contribution in [0.4, 0.5) is 4.79 Å². The van der Waals surface area contributed by atoms with Gasteiger partial charge < -0.3 is 10.2 Å². The summed E-state index contributed by atoms with van der Waals surface area (Å²) >= 11 is 1.14. The second-order valence-corrected chi connectivity index (χ2v) is 6.88. The van der Waals surface area contributed by atoms with Gasteiger partial charge in [0, 0.05) is 13.6 Å². The molecule has 0 aliphatic rings. The zero-order valence-corrected chi connectivity index (χ0v) is 15.9. The molecule has 0 unspecified atom stereocenters. The molecular weight excluding hydrogens is 354 g/mol. The van der Waals surface area contributed by atoms with Gasteiger partial charge in [-0.05, 0) is 39.2 Å². The number of hydrogen-bond donors (Lipinski definition) is 2. The highest BCUT2D eigenvalue weighted by Gasteiger charge is 2.14. The molecular formula is C17H23N5O3S. The number of amides is 3. The quantitative estimate of drug-likeness (QED) is 0.550. The van der Waals surface area contributed by atoms with Crippen LogP contribution in [-0.4, -0.2) is 59.8 Å². The molecule has 3 amide bonds. The molecule has 2 aromatic rings. The minimum absolute atomic E-state index is 0.00805. The van der Waals surface area contributed by atoms with Gasteiger partial charge in [0.2, 0.25) is 5.91 Å². The van der Waals surface area contributed by atoms with Gasteiger partial charge in [0.25, 0.3) is 5.56 Å². The summed E-state index contributed by atoms with van der Waals surface area (Å²) in [5, 5.41) is 5.54. The number of imide groups is 1. The molecule has 9 heteroatoms. The van der Waals surface area contributed by atoms with E-state index >= 15 is 0 Å². The van der Waals surface area contributed by atoms with E-state index in [1.54, 1.807) is 22.8 Å². The van der Waals surface area contributed by atoms with Crippen molar-refractivity contribution in [3.63, 3.8) is 0 Å². The Labute approximate surface area is 156 Å². The molecule has 0 saturated heterocycles. The molecule has 1 heterocycles. The second kappa shape index (κ2) is 9.35. The number of hydrogen-bond acceptors (Lipinski definition) is 6. The Morgan fingerprint density at radius 2 is 2.00 bits per heavy atom. The van der Waals surface area contributed by atoms with E-state index in [9.17, 15) is 14.4 Å². The number of rotatable bonds is 7. The number of aromatic nitrogens is 2. The first-order chi connectivity index (χ1) is 12.4. The Kier molecular flexibility index (Phi) is 7.16. The van der Waals surface area contributed by atoms with Crippen molar-refractivity contribution in [3.8, 4) is 0 Å². The van der Waals surface area contributed by atoms with E-state index in [0.717, 1.165) is 24.7 Å². The second-order valence-electron chi connectivity index (χ2n) is 5.94. The summed E-state index contributed by atoms with van der Waals surface area (Å²) in [5.41, 5.74) is 0.471. The lowest BCUT2D eigenvalue weighted by Gasteiger charge is -2.14. The molecule has 0 atom stereocenters. The van der Waals surface area contributed by atoms with E-state index in [2.05, 4.69) is 15.6 Å². The Balaban J connectivity index is 2.25. The van der Waals surface area contributed by atoms with Gasteiger partial charge in [0.15, 0.2) is 5.16 Å². The molecule has 0 spiro atoms. The summed E-state index contributed by atoms with van der Waals surface area (Å²) in [7, 11) is 5.38. The fraction of sp³-hybridized carbons (Fsp3) is 0.412. The average molecular weight is 377 g/mol. The van der Waals surface area contributed by atoms with E-state index in [1.807, 2.05) is 25.1 Å². The highest BCUT2D eigenvalue weighted by molar-refractivity contribution is 7.99. The molecule has 0 radical (unpaired) electrons. The standard InChI is InChI=1S/C17H23N5O3S/c1-18-16(25)20-14(23)11-26-17-19-13-8-5-4-7-12(13)15(24)22(17)10-6-9-21(2)3/h4-5,7-8H,6,9-11H2,1-3H3,(H2,18,20,23,25). The number of carbonyl (C=O) groups excluding carboxylic acids is 2. The van der Waals surface area contributed by atoms with Gasteiger partial charge in [-0.3, -0.25) is 19.5 Å². The van der Waals surface area contributed by atoms with Crippen molar-refractivity contribution in [2.75, 3.05) is 33.4 Å². The number of urea groups is 1. The summed E-state index contributed by atoms with van der Waals surface area (Å²) in [6.07, 6.45) is 0.783. The van der Waals surface area contributed by atoms with Crippen LogP contribution < -0.4 is 16.2 Å². The molecule has 2 rings (SSSR count). The van der Waals surface area contributed by atoms with Crippen molar-refractivity contribution in [1.82, 2.24) is 25.1 Å². The smallest absolute Gasteiger partial charge is 0.321 e. The number of thioether (sulfide) groups is 1. The number of nitrogens with zero attached hydrogens (tertiary/aromatic N) is 3. The van der Waals surface area contributed by atoms with Crippen molar-refractivity contribution in [1.29, 1.82) is 0 Å². The predicted octanol–water partition coefficient (Wildman–Crippen LogP) is 0.896. The van der Waals surface area contributed by atoms with Crippen LogP contribution >= 0.6 is 11.8 Å². The summed E-state index contributed by atoms with van der Waals surface area (Å²) in [5.74, 6) is -0.456. The first-order valence-electron chi connectivity index (χ1n) is 8.21. The molecule has 26 heavy (non-hydrogen) atoms. The van der Waals surface area contributed by atoms with Gasteiger partial charge in [-0.15, -0.1) is 0 Å². The number of fused-ring (bicyclic) bond motifs is 1. The van der Waals surface area contributed by atoms with Crippen LogP contribution in [0.2, 0.25) is 0 Å². The molecule has 2 N–H and O–H groups in total. The maximum absolute atomic E-state index is 12.8. The van der Waals surface area contributed by atoms with Crippen LogP contribution in [0.5, 0.6) is 0 Å². The summed E-state index contributed by atoms with van der Waals surface area (Å²) in [6.45, 7) is 1.34. The van der Waals surface area contributed by atoms with Crippen LogP contribution in [0.15, 0.2) is 34.2 Å². The van der Waals surface area contributed by atoms with E-state index in [0.29, 0.717) is 22.6 Å². The fourth-order valence-corrected chi connectivity index (χ4v) is 3.18. The van der Waals surface area contributed by atoms with Gasteiger partial charge >= 0.3 is 6.03 Å². The van der Waals surface area contributed by atoms with Crippen LogP contribution in [0.25, 0.3) is 10.9 Å². The Hall–Kier alpha value is -2.39. The van der Waals surface area contributed by atoms with Crippen LogP contribution in [0.3, 0.4) is 0 Å². The third-order valence-electron chi connectivity index (χ3n) is 3.63. The third kappa shape index (κ3) is 5.30. The largest absolute Gasteiger partial charge is 0.341 e. The summed E-state index contributed by atoms with van der Waals surface area (Å²) in [4.78, 5) is 42.4. The Morgan fingerprint density at radius 3 is 2.69 bits per heavy atom. The van der Waals surface area contributed by atoms with Crippen molar-refractivity contribution in [2.24, 2.45) is 0 Å². The fourth-order valence-electron chi connectivity index (χ4n) is 2.36. The number of nitrogens with one attached hydrogen (secondary N) is 2. The minimum atomic E-state index is -0.564. The lowest BCUT2D eigenvalue weighted by molar-refractivity contribution is -0.117. The van der Waals surface area contributed by atoms with Gasteiger partial charge in [0.1, 0.15) is 0 Å². The van der Waals surface area contributed by atoms with Gasteiger partial charge in [-0.2, -0.15) is 0 Å². The van der Waals surface area contributed by atoms with Crippen molar-refractivity contribution < 1.29 is 9.59 Å². The highest BCUT2D eigenvalue weighted by atomic mass is 32.2. The van der Waals surface area contributed by atoms with Crippen LogP contribution in [0, 0.1) is 0 Å². The zero-order chi connectivity index (χ0) is 19.1. The molecule has 0 bridgehead atoms. The molecule has 0 fully saturated rings. The monoisotopic (exact) mass is 377 g/mol. The molecule has 8 nitrogen and oxygen atoms in total. The molecule has 0 saturated carbocycles. The lowest BCUT2D eigenvalue weighted by Crippen LogP contribution is -2.38. The number of carbonyl (C=O) groups is 2. The van der Waals surface area contributed by atoms with E-state index < -0.39 is 11.9 Å². The highest BCUT2D eigenvalue weighted by Crippen LogP contribution is 2.18. The SMILES string of the molecule is CNC(=O)NC(=O)CSc1nc2ccccc2c(=O)n1CCCN(C)C. The van der Waals surface area contributed by atoms with E-state index in [1.165, 1.54) is 7.05 Å². The normalized spacial score (nSPS) is 10.9. The minimum Gasteiger partial charge on any atom is -0.341 e. The van der Waals surface area contributed by atoms with Gasteiger partial charge in [-0.25, -0.2) is 9.78 Å². The van der Waals surface area contributed by atoms with E-state index in [4.69, 9.17) is 0 Å². The van der Waals surface area contributed by atoms with Crippen molar-refractivity contribution in [2.45, 2.75) is 18.1 Å². The van der Waals surface area contributed by atoms with Gasteiger partial charge in [0.05, 0.1) is 16.7 Å². The first-order valence-corrected chi connectivity index (χ1v) is 9.19. The maximum Gasteiger partial charge on any atom is 0.321 e. The maximum atomic E-state index is 12.8. The molecule has 1 aromatic heterocycles. The third-order valence-corrected chi connectivity index (χ3v) is 4.60. The number of para-hydroxylation sites is 1. The van der Waals surface area contributed by atoms with Crippen molar-refractivity contribution >= 4 is 34.6 Å². The molecule has 140 valence electrons. The van der Waals surface area contributed by atoms with Crippen LogP contribution in [0.1, 0.15) is 6.42 Å². The first kappa shape index (κ1) is 19.9. The van der Waals surface area contributed by atoms with Crippen LogP contribution in [-0.2, 0) is 11.3 Å². The number of benzene rings is 1. The average Bonchev–Trinajstić information content (AvgIpc) is 2.61. The topological polar surface area (TPSA) is 96.3 Å². The predicted molar refractivity (Wildman–Crippen MR) is 102 cm³/mol. The zero-order valence-electron chi connectivity index (χ0n) is 15.1. The molecule has 0 aliphatic heterocycles. The van der Waals surface area contributed by atoms with Gasteiger partial charge in [-0.1, -0.05) is 23.9 Å². The lowest BCUT2D eigenvalue weighted by atomic mass is 10.2. The van der Waals surface area contributed by atoms with E-state index in [-0.39, 0.29) is 11.3 Å². The van der Waals surface area contributed by atoms with Crippen molar-refractivity contribution in [3.05, 3.63) is 34.6 Å². The Bertz CT molecular complexity index is 850. The summed E-state index contributed by atoms with van der Waals surface area (Å²) in [6, 6.07) is 6.58. The Morgan fingerprint density at radius 1 is 1.27 bits per heavy atom. The molecule has 0 aliphatic carbocycles. The molecule has 1 aromatic carbocycles. The summed E-state index contributed by atoms with van der Waals surface area (Å²) < 4.78 is 1.60.